The number of carbonyl (C=O) groups is 5. The lowest BCUT2D eigenvalue weighted by Crippen LogP contribution is -2.74. The summed E-state index contributed by atoms with van der Waals surface area (Å²) in [6.45, 7) is 3.61. The van der Waals surface area contributed by atoms with E-state index >= 15 is 0 Å². The Bertz CT molecular complexity index is 1420. The summed E-state index contributed by atoms with van der Waals surface area (Å²) in [7, 11) is 2.86. The SMILES string of the molecule is CCN(Cc1cc(O)c2c(c1C(F)(F)F)C[C@H]1C[C@H]3[C@H](N(C)C)C(=O)C(C(N)=O)C(=O)[C@@]3(O)C(=O)C1C2=O)CC1CCOC1. The van der Waals surface area contributed by atoms with Gasteiger partial charge in [0.2, 0.25) is 5.91 Å². The Hall–Kier alpha value is -3.20. The van der Waals surface area contributed by atoms with E-state index in [1.807, 2.05) is 4.90 Å². The highest BCUT2D eigenvalue weighted by Gasteiger charge is 2.69. The summed E-state index contributed by atoms with van der Waals surface area (Å²) < 4.78 is 49.8. The second-order valence-corrected chi connectivity index (χ2v) is 12.6. The Morgan fingerprint density at radius 1 is 1.18 bits per heavy atom. The topological polar surface area (TPSA) is 168 Å². The van der Waals surface area contributed by atoms with Crippen LogP contribution in [0.1, 0.15) is 46.8 Å². The summed E-state index contributed by atoms with van der Waals surface area (Å²) in [5.74, 6) is -13.3. The molecule has 44 heavy (non-hydrogen) atoms. The quantitative estimate of drug-likeness (QED) is 0.369. The minimum Gasteiger partial charge on any atom is -0.507 e. The van der Waals surface area contributed by atoms with Crippen molar-refractivity contribution in [1.29, 1.82) is 0 Å². The molecule has 1 amide bonds. The molecule has 0 radical (unpaired) electrons. The first-order valence-corrected chi connectivity index (χ1v) is 14.6. The highest BCUT2D eigenvalue weighted by molar-refractivity contribution is 6.32. The number of fused-ring (bicyclic) bond motifs is 3. The number of amides is 1. The molecule has 0 bridgehead atoms. The van der Waals surface area contributed by atoms with Gasteiger partial charge in [0, 0.05) is 25.6 Å². The number of hydrogen-bond acceptors (Lipinski definition) is 10. The van der Waals surface area contributed by atoms with Crippen molar-refractivity contribution in [1.82, 2.24) is 9.80 Å². The zero-order valence-corrected chi connectivity index (χ0v) is 24.6. The van der Waals surface area contributed by atoms with E-state index in [0.717, 1.165) is 12.5 Å². The minimum absolute atomic E-state index is 0.143. The van der Waals surface area contributed by atoms with Crippen molar-refractivity contribution in [2.45, 2.75) is 50.6 Å². The molecule has 1 aromatic carbocycles. The molecule has 240 valence electrons. The molecule has 1 heterocycles. The van der Waals surface area contributed by atoms with E-state index in [0.29, 0.717) is 26.3 Å². The van der Waals surface area contributed by atoms with Crippen LogP contribution in [0.2, 0.25) is 0 Å². The molecule has 0 spiro atoms. The van der Waals surface area contributed by atoms with Crippen molar-refractivity contribution < 1.29 is 52.1 Å². The van der Waals surface area contributed by atoms with Crippen LogP contribution in [-0.4, -0.2) is 101 Å². The van der Waals surface area contributed by atoms with Gasteiger partial charge < -0.3 is 20.7 Å². The number of benzene rings is 1. The standard InChI is InChI=1S/C30H36F3N3O8/c1-4-36(10-13-5-6-44-12-13)11-15-9-18(37)20-16(22(15)30(31,32)33)7-14-8-17-23(35(2)3)25(39)21(28(34)42)27(41)29(17,43)26(40)19(14)24(20)38/h9,13-14,17,19,21,23,37,43H,4-8,10-12H2,1-3H3,(H2,34,42)/t13?,14-,17-,19?,21?,23-,29-/m0/s1. The second-order valence-electron chi connectivity index (χ2n) is 12.6. The van der Waals surface area contributed by atoms with Gasteiger partial charge in [-0.25, -0.2) is 0 Å². The van der Waals surface area contributed by atoms with Crippen LogP contribution in [-0.2, 0) is 43.1 Å². The molecule has 4 aliphatic rings. The number of rotatable bonds is 7. The van der Waals surface area contributed by atoms with Crippen LogP contribution in [0.25, 0.3) is 0 Å². The largest absolute Gasteiger partial charge is 0.507 e. The molecule has 3 fully saturated rings. The summed E-state index contributed by atoms with van der Waals surface area (Å²) >= 11 is 0. The number of likely N-dealkylation sites (N-methyl/N-ethyl adjacent to an activating group) is 1. The third kappa shape index (κ3) is 4.95. The van der Waals surface area contributed by atoms with E-state index in [1.54, 1.807) is 6.92 Å². The number of ether oxygens (including phenoxy) is 1. The smallest absolute Gasteiger partial charge is 0.417 e. The zero-order chi connectivity index (χ0) is 32.5. The van der Waals surface area contributed by atoms with Gasteiger partial charge in [-0.15, -0.1) is 0 Å². The molecule has 0 aromatic heterocycles. The number of ketones is 4. The molecule has 3 unspecified atom stereocenters. The van der Waals surface area contributed by atoms with Gasteiger partial charge in [0.15, 0.2) is 34.7 Å². The third-order valence-corrected chi connectivity index (χ3v) is 9.81. The molecule has 7 atom stereocenters. The predicted molar refractivity (Wildman–Crippen MR) is 146 cm³/mol. The molecule has 1 aliphatic heterocycles. The van der Waals surface area contributed by atoms with Crippen LogP contribution in [0.15, 0.2) is 6.07 Å². The van der Waals surface area contributed by atoms with Crippen molar-refractivity contribution in [2.24, 2.45) is 35.3 Å². The Kier molecular flexibility index (Phi) is 8.27. The van der Waals surface area contributed by atoms with Gasteiger partial charge in [-0.2, -0.15) is 13.2 Å². The van der Waals surface area contributed by atoms with Gasteiger partial charge in [0.05, 0.1) is 29.7 Å². The molecular weight excluding hydrogens is 587 g/mol. The molecule has 4 N–H and O–H groups in total. The van der Waals surface area contributed by atoms with Gasteiger partial charge in [0.1, 0.15) is 5.75 Å². The fourth-order valence-electron chi connectivity index (χ4n) is 7.86. The van der Waals surface area contributed by atoms with Gasteiger partial charge in [-0.05, 0) is 68.9 Å². The van der Waals surface area contributed by atoms with Crippen LogP contribution < -0.4 is 5.73 Å². The first kappa shape index (κ1) is 32.2. The molecule has 3 aliphatic carbocycles. The number of alkyl halides is 3. The molecule has 2 saturated carbocycles. The number of primary amides is 1. The zero-order valence-electron chi connectivity index (χ0n) is 24.6. The fraction of sp³-hybridized carbons (Fsp3) is 0.633. The molecule has 1 aromatic rings. The Labute approximate surface area is 251 Å². The summed E-state index contributed by atoms with van der Waals surface area (Å²) in [6, 6.07) is -0.454. The van der Waals surface area contributed by atoms with Gasteiger partial charge >= 0.3 is 6.18 Å². The predicted octanol–water partition coefficient (Wildman–Crippen LogP) is 0.744. The number of nitrogens with two attached hydrogens (primary N) is 1. The lowest BCUT2D eigenvalue weighted by atomic mass is 9.52. The average Bonchev–Trinajstić information content (AvgIpc) is 3.42. The Balaban J connectivity index is 1.60. The molecule has 5 rings (SSSR count). The van der Waals surface area contributed by atoms with Gasteiger partial charge in [0.25, 0.3) is 0 Å². The second kappa shape index (κ2) is 11.3. The molecule has 11 nitrogen and oxygen atoms in total. The molecular formula is C30H36F3N3O8. The number of aliphatic hydroxyl groups is 1. The maximum absolute atomic E-state index is 14.8. The molecule has 1 saturated heterocycles. The molecule has 14 heteroatoms. The monoisotopic (exact) mass is 623 g/mol. The maximum Gasteiger partial charge on any atom is 0.417 e. The summed E-state index contributed by atoms with van der Waals surface area (Å²) in [5.41, 5.74) is -0.0815. The lowest BCUT2D eigenvalue weighted by Gasteiger charge is -2.52. The van der Waals surface area contributed by atoms with Crippen LogP contribution in [0, 0.1) is 29.6 Å². The van der Waals surface area contributed by atoms with E-state index in [4.69, 9.17) is 10.5 Å². The first-order valence-electron chi connectivity index (χ1n) is 14.6. The van der Waals surface area contributed by atoms with E-state index in [-0.39, 0.29) is 24.4 Å². The average molecular weight is 624 g/mol. The number of phenolic OH excluding ortho intramolecular Hbond substituents is 1. The van der Waals surface area contributed by atoms with Crippen LogP contribution >= 0.6 is 0 Å². The number of phenols is 1. The maximum atomic E-state index is 14.8. The van der Waals surface area contributed by atoms with E-state index in [9.17, 15) is 47.4 Å². The lowest BCUT2D eigenvalue weighted by molar-refractivity contribution is -0.181. The number of hydrogen-bond donors (Lipinski definition) is 3. The van der Waals surface area contributed by atoms with Crippen LogP contribution in [0.5, 0.6) is 5.75 Å². The normalized spacial score (nSPS) is 32.2. The van der Waals surface area contributed by atoms with Crippen molar-refractivity contribution in [3.8, 4) is 5.75 Å². The van der Waals surface area contributed by atoms with E-state index in [2.05, 4.69) is 0 Å². The van der Waals surface area contributed by atoms with Gasteiger partial charge in [-0.3, -0.25) is 33.8 Å². The number of aromatic hydroxyl groups is 1. The summed E-state index contributed by atoms with van der Waals surface area (Å²) in [5, 5.41) is 22.6. The number of halogens is 3. The van der Waals surface area contributed by atoms with Crippen molar-refractivity contribution >= 4 is 29.0 Å². The summed E-state index contributed by atoms with van der Waals surface area (Å²) in [4.78, 5) is 69.6. The number of Topliss-reactive ketones (excluding diaryl/α,β-unsaturated/α-hetero) is 4. The van der Waals surface area contributed by atoms with Crippen molar-refractivity contribution in [3.63, 3.8) is 0 Å². The number of nitrogens with zero attached hydrogens (tertiary/aromatic N) is 2. The first-order chi connectivity index (χ1) is 20.5. The van der Waals surface area contributed by atoms with Gasteiger partial charge in [-0.1, -0.05) is 6.92 Å². The Morgan fingerprint density at radius 3 is 2.41 bits per heavy atom. The van der Waals surface area contributed by atoms with Crippen LogP contribution in [0.3, 0.4) is 0 Å². The Morgan fingerprint density at radius 2 is 1.86 bits per heavy atom. The third-order valence-electron chi connectivity index (χ3n) is 9.81. The highest BCUT2D eigenvalue weighted by Crippen LogP contribution is 2.52. The van der Waals surface area contributed by atoms with Crippen molar-refractivity contribution in [2.75, 3.05) is 40.4 Å². The van der Waals surface area contributed by atoms with Crippen molar-refractivity contribution in [3.05, 3.63) is 28.3 Å². The summed E-state index contributed by atoms with van der Waals surface area (Å²) in [6.07, 6.45) is -4.96. The van der Waals surface area contributed by atoms with Crippen LogP contribution in [0.4, 0.5) is 13.2 Å². The minimum atomic E-state index is -4.92. The number of carbonyl (C=O) groups excluding carboxylic acids is 5. The fourth-order valence-corrected chi connectivity index (χ4v) is 7.86. The highest BCUT2D eigenvalue weighted by atomic mass is 19.4. The van der Waals surface area contributed by atoms with E-state index < -0.39 is 99.4 Å². The van der Waals surface area contributed by atoms with E-state index in [1.165, 1.54) is 19.0 Å².